The summed E-state index contributed by atoms with van der Waals surface area (Å²) in [5.41, 5.74) is 7.57. The number of hydrogen-bond donors (Lipinski definition) is 2. The molecule has 27 heavy (non-hydrogen) atoms. The minimum atomic E-state index is 0. The number of carbonyl (C=O) groups excluding carboxylic acids is 1. The molecule has 148 valence electrons. The summed E-state index contributed by atoms with van der Waals surface area (Å²) in [6.45, 7) is 1.63. The van der Waals surface area contributed by atoms with E-state index < -0.39 is 0 Å². The predicted molar refractivity (Wildman–Crippen MR) is 114 cm³/mol. The van der Waals surface area contributed by atoms with Gasteiger partial charge in [-0.25, -0.2) is 4.98 Å². The van der Waals surface area contributed by atoms with Crippen molar-refractivity contribution in [1.82, 2.24) is 14.9 Å². The second-order valence-electron chi connectivity index (χ2n) is 6.45. The van der Waals surface area contributed by atoms with Crippen LogP contribution in [0.4, 0.5) is 11.5 Å². The van der Waals surface area contributed by atoms with Gasteiger partial charge in [0.1, 0.15) is 5.82 Å². The molecule has 0 bridgehead atoms. The zero-order valence-electron chi connectivity index (χ0n) is 15.2. The van der Waals surface area contributed by atoms with Gasteiger partial charge in [-0.1, -0.05) is 6.07 Å². The summed E-state index contributed by atoms with van der Waals surface area (Å²) in [6, 6.07) is 9.93. The van der Waals surface area contributed by atoms with Gasteiger partial charge >= 0.3 is 0 Å². The van der Waals surface area contributed by atoms with Crippen LogP contribution in [0, 0.1) is 0 Å². The third kappa shape index (κ3) is 7.23. The van der Waals surface area contributed by atoms with E-state index in [0.717, 1.165) is 43.7 Å². The average molecular weight is 412 g/mol. The van der Waals surface area contributed by atoms with Gasteiger partial charge in [-0.15, -0.1) is 24.8 Å². The molecule has 0 saturated carbocycles. The molecular weight excluding hydrogens is 385 g/mol. The number of nitrogens with zero attached hydrogens (tertiary/aromatic N) is 3. The zero-order valence-corrected chi connectivity index (χ0v) is 16.8. The third-order valence-electron chi connectivity index (χ3n) is 4.56. The Bertz CT molecular complexity index is 684. The molecule has 8 heteroatoms. The second-order valence-corrected chi connectivity index (χ2v) is 6.45. The van der Waals surface area contributed by atoms with E-state index in [1.807, 2.05) is 29.2 Å². The lowest BCUT2D eigenvalue weighted by Crippen LogP contribution is -2.32. The molecule has 1 atom stereocenters. The number of likely N-dealkylation sites (tertiary alicyclic amines) is 1. The van der Waals surface area contributed by atoms with Crippen molar-refractivity contribution in [2.75, 3.05) is 24.1 Å². The van der Waals surface area contributed by atoms with Crippen LogP contribution in [0.25, 0.3) is 0 Å². The summed E-state index contributed by atoms with van der Waals surface area (Å²) in [5.74, 6) is 0.747. The van der Waals surface area contributed by atoms with E-state index in [1.165, 1.54) is 0 Å². The first-order valence-electron chi connectivity index (χ1n) is 8.86. The largest absolute Gasteiger partial charge is 0.384 e. The van der Waals surface area contributed by atoms with E-state index >= 15 is 0 Å². The highest BCUT2D eigenvalue weighted by Gasteiger charge is 2.20. The number of hydrogen-bond acceptors (Lipinski definition) is 5. The van der Waals surface area contributed by atoms with Crippen molar-refractivity contribution in [3.63, 3.8) is 0 Å². The molecule has 1 aliphatic heterocycles. The maximum Gasteiger partial charge on any atom is 0.222 e. The Labute approximate surface area is 172 Å². The maximum absolute atomic E-state index is 12.5. The highest BCUT2D eigenvalue weighted by Crippen LogP contribution is 2.17. The van der Waals surface area contributed by atoms with Crippen LogP contribution in [0.3, 0.4) is 0 Å². The first kappa shape index (κ1) is 23.0. The van der Waals surface area contributed by atoms with Gasteiger partial charge < -0.3 is 16.0 Å². The van der Waals surface area contributed by atoms with Gasteiger partial charge in [0, 0.05) is 37.4 Å². The highest BCUT2D eigenvalue weighted by atomic mass is 35.5. The van der Waals surface area contributed by atoms with Crippen molar-refractivity contribution >= 4 is 42.2 Å². The smallest absolute Gasteiger partial charge is 0.222 e. The Balaban J connectivity index is 0.00000182. The quantitative estimate of drug-likeness (QED) is 0.787. The van der Waals surface area contributed by atoms with Crippen LogP contribution in [0.5, 0.6) is 0 Å². The summed E-state index contributed by atoms with van der Waals surface area (Å²) in [4.78, 5) is 22.9. The fraction of sp³-hybridized carbons (Fsp3) is 0.421. The lowest BCUT2D eigenvalue weighted by molar-refractivity contribution is -0.131. The number of rotatable bonds is 5. The van der Waals surface area contributed by atoms with Crippen LogP contribution >= 0.6 is 24.8 Å². The van der Waals surface area contributed by atoms with Gasteiger partial charge in [0.25, 0.3) is 0 Å². The van der Waals surface area contributed by atoms with Crippen molar-refractivity contribution in [3.05, 3.63) is 48.4 Å². The van der Waals surface area contributed by atoms with Crippen LogP contribution in [-0.2, 0) is 11.2 Å². The Kier molecular flexibility index (Phi) is 9.89. The molecule has 3 heterocycles. The first-order valence-corrected chi connectivity index (χ1v) is 8.86. The van der Waals surface area contributed by atoms with Crippen molar-refractivity contribution in [1.29, 1.82) is 0 Å². The molecule has 1 unspecified atom stereocenters. The van der Waals surface area contributed by atoms with Crippen LogP contribution in [0.15, 0.2) is 42.7 Å². The normalized spacial score (nSPS) is 16.4. The Morgan fingerprint density at radius 1 is 1.15 bits per heavy atom. The van der Waals surface area contributed by atoms with Crippen molar-refractivity contribution in [2.24, 2.45) is 0 Å². The Hall–Kier alpha value is -2.05. The molecule has 0 aromatic carbocycles. The molecule has 6 nitrogen and oxygen atoms in total. The molecule has 2 aromatic rings. The van der Waals surface area contributed by atoms with Crippen molar-refractivity contribution in [2.45, 2.75) is 38.1 Å². The minimum absolute atomic E-state index is 0. The van der Waals surface area contributed by atoms with Gasteiger partial charge in [-0.2, -0.15) is 0 Å². The van der Waals surface area contributed by atoms with Crippen LogP contribution in [-0.4, -0.2) is 39.9 Å². The third-order valence-corrected chi connectivity index (χ3v) is 4.56. The molecule has 1 amide bonds. The van der Waals surface area contributed by atoms with Crippen LogP contribution in [0.1, 0.15) is 31.4 Å². The number of aryl methyl sites for hydroxylation is 1. The summed E-state index contributed by atoms with van der Waals surface area (Å²) in [6.07, 6.45) is 7.76. The van der Waals surface area contributed by atoms with E-state index in [2.05, 4.69) is 15.3 Å². The number of nitrogen functional groups attached to an aromatic ring is 1. The molecule has 3 rings (SSSR count). The highest BCUT2D eigenvalue weighted by molar-refractivity contribution is 5.85. The van der Waals surface area contributed by atoms with E-state index in [-0.39, 0.29) is 30.7 Å². The molecule has 2 aromatic heterocycles. The van der Waals surface area contributed by atoms with Crippen LogP contribution < -0.4 is 11.1 Å². The fourth-order valence-electron chi connectivity index (χ4n) is 3.16. The van der Waals surface area contributed by atoms with Gasteiger partial charge in [-0.05, 0) is 49.9 Å². The Morgan fingerprint density at radius 2 is 2.00 bits per heavy atom. The summed E-state index contributed by atoms with van der Waals surface area (Å²) < 4.78 is 0. The van der Waals surface area contributed by atoms with Gasteiger partial charge in [-0.3, -0.25) is 9.78 Å². The number of nitrogens with two attached hydrogens (primary N) is 1. The molecule has 3 N–H and O–H groups in total. The number of aromatic nitrogens is 2. The second kappa shape index (κ2) is 11.6. The Morgan fingerprint density at radius 3 is 2.70 bits per heavy atom. The van der Waals surface area contributed by atoms with Gasteiger partial charge in [0.15, 0.2) is 0 Å². The number of pyridine rings is 2. The fourth-order valence-corrected chi connectivity index (χ4v) is 3.16. The van der Waals surface area contributed by atoms with Gasteiger partial charge in [0.2, 0.25) is 5.91 Å². The van der Waals surface area contributed by atoms with E-state index in [4.69, 9.17) is 5.73 Å². The molecule has 1 fully saturated rings. The maximum atomic E-state index is 12.5. The summed E-state index contributed by atoms with van der Waals surface area (Å²) >= 11 is 0. The number of carbonyl (C=O) groups is 1. The summed E-state index contributed by atoms with van der Waals surface area (Å²) in [5, 5.41) is 3.50. The SMILES string of the molecule is Cl.Cl.Nc1ccc(NC2CCCN(C(=O)CCc3ccccn3)CC2)cn1. The molecule has 0 radical (unpaired) electrons. The number of halogens is 2. The molecule has 1 saturated heterocycles. The molecule has 0 spiro atoms. The van der Waals surface area contributed by atoms with E-state index in [1.54, 1.807) is 18.5 Å². The lowest BCUT2D eigenvalue weighted by Gasteiger charge is -2.21. The predicted octanol–water partition coefficient (Wildman–Crippen LogP) is 3.33. The first-order chi connectivity index (χ1) is 12.2. The molecule has 0 aliphatic carbocycles. The topological polar surface area (TPSA) is 84.1 Å². The number of amides is 1. The van der Waals surface area contributed by atoms with E-state index in [9.17, 15) is 4.79 Å². The van der Waals surface area contributed by atoms with Crippen molar-refractivity contribution < 1.29 is 4.79 Å². The van der Waals surface area contributed by atoms with E-state index in [0.29, 0.717) is 24.7 Å². The average Bonchev–Trinajstić information content (AvgIpc) is 2.88. The van der Waals surface area contributed by atoms with Gasteiger partial charge in [0.05, 0.1) is 11.9 Å². The number of nitrogens with one attached hydrogen (secondary N) is 1. The molecular formula is C19H27Cl2N5O. The summed E-state index contributed by atoms with van der Waals surface area (Å²) in [7, 11) is 0. The zero-order chi connectivity index (χ0) is 17.5. The molecule has 1 aliphatic rings. The monoisotopic (exact) mass is 411 g/mol. The lowest BCUT2D eigenvalue weighted by atomic mass is 10.1. The standard InChI is InChI=1S/C19H25N5O.2ClH/c20-18-8-6-17(14-22-18)23-16-5-3-12-24(13-10-16)19(25)9-7-15-4-1-2-11-21-15;;/h1-2,4,6,8,11,14,16,23H,3,5,7,9-10,12-13H2,(H2,20,22);2*1H. The van der Waals surface area contributed by atoms with Crippen LogP contribution in [0.2, 0.25) is 0 Å². The van der Waals surface area contributed by atoms with Crippen molar-refractivity contribution in [3.8, 4) is 0 Å². The minimum Gasteiger partial charge on any atom is -0.384 e. The number of anilines is 2.